The molecule has 0 spiro atoms. The van der Waals surface area contributed by atoms with Crippen LogP contribution in [0.1, 0.15) is 52.6 Å². The first kappa shape index (κ1) is 73.8. The van der Waals surface area contributed by atoms with Crippen molar-refractivity contribution >= 4 is 117 Å². The number of amidine groups is 2. The Morgan fingerprint density at radius 1 is 0.886 bits per heavy atom. The Kier molecular flexibility index (Phi) is 43.4. The Hall–Kier alpha value is -5.23. The van der Waals surface area contributed by atoms with Gasteiger partial charge >= 0.3 is 0 Å². The van der Waals surface area contributed by atoms with Crippen LogP contribution in [0.3, 0.4) is 0 Å². The van der Waals surface area contributed by atoms with E-state index in [0.717, 1.165) is 112 Å². The number of hydrogen-bond acceptors (Lipinski definition) is 28. The molecule has 14 N–H and O–H groups in total. The third-order valence-electron chi connectivity index (χ3n) is 8.56. The number of furan rings is 1. The van der Waals surface area contributed by atoms with Crippen LogP contribution in [0.5, 0.6) is 0 Å². The highest BCUT2D eigenvalue weighted by molar-refractivity contribution is 7.99. The van der Waals surface area contributed by atoms with E-state index in [1.54, 1.807) is 74.0 Å². The summed E-state index contributed by atoms with van der Waals surface area (Å²) in [5.74, 6) is 15.0. The van der Waals surface area contributed by atoms with Gasteiger partial charge in [-0.1, -0.05) is 0 Å². The molecule has 0 amide bonds. The largest absolute Gasteiger partial charge is 0.464 e. The number of thiazole rings is 2. The molecule has 0 unspecified atom stereocenters. The predicted molar refractivity (Wildman–Crippen MR) is 330 cm³/mol. The summed E-state index contributed by atoms with van der Waals surface area (Å²) in [7, 11) is 11.3. The fourth-order valence-electron chi connectivity index (χ4n) is 5.25. The van der Waals surface area contributed by atoms with E-state index in [-0.39, 0.29) is 18.4 Å². The second-order valence-corrected chi connectivity index (χ2v) is 22.3. The highest BCUT2D eigenvalue weighted by Gasteiger charge is 2.07. The van der Waals surface area contributed by atoms with Crippen LogP contribution >= 0.6 is 94.4 Å². The Morgan fingerprint density at radius 2 is 1.48 bits per heavy atom. The van der Waals surface area contributed by atoms with Gasteiger partial charge < -0.3 is 57.7 Å². The van der Waals surface area contributed by atoms with Crippen LogP contribution in [0.25, 0.3) is 0 Å². The molecular formula is C43H74ClN21O7S7. The minimum Gasteiger partial charge on any atom is -0.464 e. The van der Waals surface area contributed by atoms with Crippen molar-refractivity contribution in [2.45, 2.75) is 56.4 Å². The minimum atomic E-state index is -0.485. The molecule has 4 heterocycles. The Morgan fingerprint density at radius 3 is 2.05 bits per heavy atom. The number of hydrogen-bond donors (Lipinski definition) is 10. The molecular weight excluding hydrogens is 1180 g/mol. The molecule has 0 aliphatic heterocycles. The maximum atomic E-state index is 10.4. The number of aromatic nitrogens is 4. The fraction of sp³-hybridized carbons (Fsp3) is 0.512. The van der Waals surface area contributed by atoms with Crippen LogP contribution in [0, 0.1) is 38.6 Å². The predicted octanol–water partition coefficient (Wildman–Crippen LogP) is 5.06. The fourth-order valence-corrected chi connectivity index (χ4v) is 10.6. The number of nitrogens with zero attached hydrogens (tertiary/aromatic N) is 11. The van der Waals surface area contributed by atoms with Crippen LogP contribution in [-0.4, -0.2) is 142 Å². The average molecular weight is 1260 g/mol. The van der Waals surface area contributed by atoms with Gasteiger partial charge in [0.1, 0.15) is 28.2 Å². The number of H-pyrrole nitrogens is 1. The van der Waals surface area contributed by atoms with Gasteiger partial charge in [-0.15, -0.1) is 56.2 Å². The number of nitro groups is 2. The lowest BCUT2D eigenvalue weighted by Gasteiger charge is -2.07. The SMILES string of the molecule is CC(=NCCCSCc1nc[nH]c1C)NC#N.CN/C(=C/[N+](=O)[O-])NCCSCc1csc(CN(C)C)n1.CN/C(=C\[N+](=O)[O-])NCCSCc1ccc(CN(C)C)o1.Cl.NOOSN=C(N)CSCc1csc(N=C(N)N)n1. The lowest BCUT2D eigenvalue weighted by atomic mass is 10.4. The minimum absolute atomic E-state index is 0. The topological polar surface area (TPSA) is 404 Å². The van der Waals surface area contributed by atoms with E-state index in [4.69, 9.17) is 26.9 Å². The van der Waals surface area contributed by atoms with E-state index in [9.17, 15) is 20.2 Å². The Bertz CT molecular complexity index is 2390. The van der Waals surface area contributed by atoms with E-state index in [0.29, 0.717) is 65.3 Å². The Labute approximate surface area is 496 Å². The summed E-state index contributed by atoms with van der Waals surface area (Å²) >= 11 is 10.6. The monoisotopic (exact) mass is 1260 g/mol. The summed E-state index contributed by atoms with van der Waals surface area (Å²) in [4.78, 5) is 51.9. The summed E-state index contributed by atoms with van der Waals surface area (Å²) in [6, 6.07) is 3.98. The van der Waals surface area contributed by atoms with E-state index >= 15 is 0 Å². The summed E-state index contributed by atoms with van der Waals surface area (Å²) in [6.45, 7) is 7.56. The summed E-state index contributed by atoms with van der Waals surface area (Å²) in [5, 5.41) is 48.6. The average Bonchev–Trinajstić information content (AvgIpc) is 4.21. The molecule has 0 aliphatic carbocycles. The van der Waals surface area contributed by atoms with Crippen LogP contribution in [0.4, 0.5) is 5.13 Å². The van der Waals surface area contributed by atoms with Crippen molar-refractivity contribution in [3.8, 4) is 6.19 Å². The maximum Gasteiger partial charge on any atom is 0.274 e. The zero-order chi connectivity index (χ0) is 57.9. The van der Waals surface area contributed by atoms with Gasteiger partial charge in [-0.25, -0.2) is 15.0 Å². The smallest absolute Gasteiger partial charge is 0.274 e. The molecule has 0 saturated heterocycles. The van der Waals surface area contributed by atoms with Crippen molar-refractivity contribution in [3.05, 3.63) is 113 Å². The number of nitriles is 1. The van der Waals surface area contributed by atoms with Gasteiger partial charge in [0.2, 0.25) is 5.13 Å². The first-order valence-electron chi connectivity index (χ1n) is 23.2. The molecule has 28 nitrogen and oxygen atoms in total. The zero-order valence-electron chi connectivity index (χ0n) is 45.3. The quantitative estimate of drug-likeness (QED) is 0.00279. The number of guanidine groups is 1. The second-order valence-electron chi connectivity index (χ2n) is 15.7. The number of aromatic amines is 1. The number of aliphatic imine (C=N–C) groups is 2. The van der Waals surface area contributed by atoms with Gasteiger partial charge in [-0.3, -0.25) is 30.5 Å². The first-order chi connectivity index (χ1) is 37.4. The number of aryl methyl sites for hydroxylation is 1. The number of thioether (sulfide) groups is 4. The molecule has 79 heavy (non-hydrogen) atoms. The lowest BCUT2D eigenvalue weighted by Crippen LogP contribution is -2.26. The van der Waals surface area contributed by atoms with Crippen molar-refractivity contribution in [2.75, 3.05) is 84.9 Å². The number of nitrogens with two attached hydrogens (primary N) is 4. The van der Waals surface area contributed by atoms with Crippen molar-refractivity contribution < 1.29 is 23.6 Å². The molecule has 0 fully saturated rings. The first-order valence-corrected chi connectivity index (χ1v) is 30.3. The molecule has 4 rings (SSSR count). The third-order valence-corrected chi connectivity index (χ3v) is 14.7. The second kappa shape index (κ2) is 46.5. The van der Waals surface area contributed by atoms with Crippen LogP contribution in [-0.2, 0) is 45.4 Å². The summed E-state index contributed by atoms with van der Waals surface area (Å²) in [5.41, 5.74) is 20.4. The van der Waals surface area contributed by atoms with Gasteiger partial charge in [0.25, 0.3) is 12.4 Å². The number of halogens is 1. The Balaban J connectivity index is 0.00000103. The van der Waals surface area contributed by atoms with E-state index < -0.39 is 9.85 Å². The van der Waals surface area contributed by atoms with Crippen molar-refractivity contribution in [1.29, 1.82) is 5.26 Å². The molecule has 0 radical (unpaired) electrons. The molecule has 0 bridgehead atoms. The van der Waals surface area contributed by atoms with Crippen molar-refractivity contribution in [3.63, 3.8) is 0 Å². The molecule has 0 aromatic carbocycles. The lowest BCUT2D eigenvalue weighted by molar-refractivity contribution is -0.404. The van der Waals surface area contributed by atoms with Crippen LogP contribution < -0.4 is 49.7 Å². The number of nitrogens with one attached hydrogen (secondary N) is 6. The van der Waals surface area contributed by atoms with E-state index in [1.807, 2.05) is 70.6 Å². The molecule has 0 aliphatic rings. The maximum absolute atomic E-state index is 10.4. The van der Waals surface area contributed by atoms with Crippen molar-refractivity contribution in [1.82, 2.24) is 56.3 Å². The van der Waals surface area contributed by atoms with E-state index in [2.05, 4.69) is 91.3 Å². The molecule has 442 valence electrons. The highest BCUT2D eigenvalue weighted by Crippen LogP contribution is 2.22. The summed E-state index contributed by atoms with van der Waals surface area (Å²) < 4.78 is 13.8. The van der Waals surface area contributed by atoms with Gasteiger partial charge in [-0.2, -0.15) is 55.8 Å². The normalized spacial score (nSPS) is 11.4. The highest BCUT2D eigenvalue weighted by atomic mass is 35.5. The van der Waals surface area contributed by atoms with Gasteiger partial charge in [0.15, 0.2) is 36.0 Å². The molecule has 0 atom stereocenters. The van der Waals surface area contributed by atoms with E-state index in [1.165, 1.54) is 11.3 Å². The molecule has 4 aromatic rings. The molecule has 4 aromatic heterocycles. The van der Waals surface area contributed by atoms with Gasteiger partial charge in [0.05, 0.1) is 51.3 Å². The molecule has 0 saturated carbocycles. The number of imidazole rings is 1. The van der Waals surface area contributed by atoms with Crippen LogP contribution in [0.15, 0.2) is 72.1 Å². The number of rotatable bonds is 34. The standard InChI is InChI=1S/C13H22N4O3S.C12H21N5O2S2.C11H17N5S.C7H13N7O2S3.ClH/c1-14-13(9-17(18)19)15-6-7-21-10-12-5-4-11(20-12)8-16(2)3;1-13-11(6-17(18)19)14-4-5-20-8-10-9-21-12(15-10)7-16(2)3;1-9-11(16-8-15-9)6-17-5-3-4-13-10(2)14-7-12;8-5(14-19-16-15-11)3-17-1-4-2-18-7(12-4)13-6(9)10;/h4-5,9,14-15H,6-8,10H2,1-3H3;6,9,13-14H,4-5,7-8H2,1-3H3;8H,3-6H2,1-2H3,(H,13,14)(H,15,16);2H,1,3,11H2,(H2,8,14)(H4,9,10,12,13);1H/b13-9+;11-6-;;;. The van der Waals surface area contributed by atoms with Gasteiger partial charge in [0, 0.05) is 85.5 Å². The molecule has 36 heteroatoms. The third kappa shape index (κ3) is 40.6. The van der Waals surface area contributed by atoms with Gasteiger partial charge in [-0.05, 0) is 66.3 Å². The van der Waals surface area contributed by atoms with Crippen molar-refractivity contribution in [2.24, 2.45) is 37.5 Å². The zero-order valence-corrected chi connectivity index (χ0v) is 51.8. The van der Waals surface area contributed by atoms with Crippen LogP contribution in [0.2, 0.25) is 0 Å². The summed E-state index contributed by atoms with van der Waals surface area (Å²) in [6.07, 6.45) is 6.44.